The highest BCUT2D eigenvalue weighted by Crippen LogP contribution is 2.23. The Hall–Kier alpha value is -2.42. The van der Waals surface area contributed by atoms with Gasteiger partial charge in [-0.25, -0.2) is 4.39 Å². The van der Waals surface area contributed by atoms with Crippen LogP contribution in [0.15, 0.2) is 46.9 Å². The van der Waals surface area contributed by atoms with Crippen LogP contribution in [0.5, 0.6) is 0 Å². The summed E-state index contributed by atoms with van der Waals surface area (Å²) in [6.45, 7) is 3.95. The molecule has 0 saturated heterocycles. The number of halogens is 1. The van der Waals surface area contributed by atoms with Gasteiger partial charge in [0.2, 0.25) is 5.78 Å². The molecule has 1 aromatic heterocycles. The smallest absolute Gasteiger partial charge is 0.228 e. The van der Waals surface area contributed by atoms with Crippen molar-refractivity contribution in [3.63, 3.8) is 0 Å². The minimum atomic E-state index is -0.344. The molecule has 100 valence electrons. The Morgan fingerprint density at radius 2 is 1.80 bits per heavy atom. The van der Waals surface area contributed by atoms with Gasteiger partial charge >= 0.3 is 0 Å². The van der Waals surface area contributed by atoms with Crippen molar-refractivity contribution in [2.24, 2.45) is 0 Å². The number of aryl methyl sites for hydroxylation is 2. The van der Waals surface area contributed by atoms with Crippen molar-refractivity contribution >= 4 is 16.8 Å². The van der Waals surface area contributed by atoms with Crippen LogP contribution in [0, 0.1) is 19.7 Å². The van der Waals surface area contributed by atoms with Crippen LogP contribution >= 0.6 is 0 Å². The molecule has 0 N–H and O–H groups in total. The molecule has 0 amide bonds. The molecule has 3 heteroatoms. The first kappa shape index (κ1) is 12.6. The molecule has 3 rings (SSSR count). The number of ketones is 1. The third kappa shape index (κ3) is 2.11. The summed E-state index contributed by atoms with van der Waals surface area (Å²) >= 11 is 0. The molecule has 0 unspecified atom stereocenters. The highest BCUT2D eigenvalue weighted by atomic mass is 19.1. The molecule has 0 aliphatic rings. The number of carbonyl (C=O) groups is 1. The van der Waals surface area contributed by atoms with Crippen LogP contribution < -0.4 is 0 Å². The van der Waals surface area contributed by atoms with Crippen LogP contribution in [0.2, 0.25) is 0 Å². The molecule has 1 heterocycles. The highest BCUT2D eigenvalue weighted by Gasteiger charge is 2.15. The summed E-state index contributed by atoms with van der Waals surface area (Å²) in [4.78, 5) is 12.4. The minimum Gasteiger partial charge on any atom is -0.453 e. The Balaban J connectivity index is 2.05. The molecule has 0 atom stereocenters. The molecule has 20 heavy (non-hydrogen) atoms. The number of carbonyl (C=O) groups excluding carboxylic acids is 1. The van der Waals surface area contributed by atoms with Crippen LogP contribution in [-0.2, 0) is 0 Å². The Morgan fingerprint density at radius 3 is 2.55 bits per heavy atom. The molecule has 0 aliphatic carbocycles. The van der Waals surface area contributed by atoms with Crippen molar-refractivity contribution in [3.05, 3.63) is 70.7 Å². The van der Waals surface area contributed by atoms with Crippen LogP contribution in [-0.4, -0.2) is 5.78 Å². The Labute approximate surface area is 115 Å². The van der Waals surface area contributed by atoms with E-state index in [4.69, 9.17) is 4.42 Å². The summed E-state index contributed by atoms with van der Waals surface area (Å²) in [6.07, 6.45) is 0. The normalized spacial score (nSPS) is 10.9. The lowest BCUT2D eigenvalue weighted by Gasteiger charge is -2.02. The SMILES string of the molecule is Cc1ccc(C(=O)c2cc3cc(F)ccc3o2)cc1C. The van der Waals surface area contributed by atoms with E-state index in [0.717, 1.165) is 11.1 Å². The summed E-state index contributed by atoms with van der Waals surface area (Å²) in [7, 11) is 0. The van der Waals surface area contributed by atoms with E-state index in [0.29, 0.717) is 16.5 Å². The average molecular weight is 268 g/mol. The third-order valence-electron chi connectivity index (χ3n) is 3.47. The second-order valence-electron chi connectivity index (χ2n) is 4.92. The number of hydrogen-bond donors (Lipinski definition) is 0. The summed E-state index contributed by atoms with van der Waals surface area (Å²) in [5.41, 5.74) is 3.28. The van der Waals surface area contributed by atoms with Gasteiger partial charge in [0.15, 0.2) is 5.76 Å². The second-order valence-corrected chi connectivity index (χ2v) is 4.92. The fourth-order valence-corrected chi connectivity index (χ4v) is 2.15. The van der Waals surface area contributed by atoms with E-state index in [1.165, 1.54) is 18.2 Å². The lowest BCUT2D eigenvalue weighted by molar-refractivity contribution is 0.101. The van der Waals surface area contributed by atoms with E-state index in [9.17, 15) is 9.18 Å². The van der Waals surface area contributed by atoms with E-state index in [1.807, 2.05) is 26.0 Å². The molecule has 0 radical (unpaired) electrons. The summed E-state index contributed by atoms with van der Waals surface area (Å²) in [5.74, 6) is -0.304. The maximum absolute atomic E-state index is 13.1. The van der Waals surface area contributed by atoms with Gasteiger partial charge in [-0.1, -0.05) is 12.1 Å². The van der Waals surface area contributed by atoms with Gasteiger partial charge in [-0.05, 0) is 55.3 Å². The molecule has 0 spiro atoms. The topological polar surface area (TPSA) is 30.2 Å². The van der Waals surface area contributed by atoms with Gasteiger partial charge in [-0.2, -0.15) is 0 Å². The van der Waals surface area contributed by atoms with Crippen molar-refractivity contribution in [1.82, 2.24) is 0 Å². The van der Waals surface area contributed by atoms with E-state index < -0.39 is 0 Å². The Bertz CT molecular complexity index is 815. The van der Waals surface area contributed by atoms with Crippen LogP contribution in [0.3, 0.4) is 0 Å². The van der Waals surface area contributed by atoms with Gasteiger partial charge in [0.05, 0.1) is 0 Å². The predicted octanol–water partition coefficient (Wildman–Crippen LogP) is 4.42. The molecule has 0 fully saturated rings. The van der Waals surface area contributed by atoms with Gasteiger partial charge in [-0.3, -0.25) is 4.79 Å². The maximum Gasteiger partial charge on any atom is 0.228 e. The maximum atomic E-state index is 13.1. The van der Waals surface area contributed by atoms with E-state index in [1.54, 1.807) is 12.1 Å². The first-order valence-electron chi connectivity index (χ1n) is 6.35. The number of fused-ring (bicyclic) bond motifs is 1. The highest BCUT2D eigenvalue weighted by molar-refractivity contribution is 6.09. The second kappa shape index (κ2) is 4.60. The lowest BCUT2D eigenvalue weighted by atomic mass is 10.0. The van der Waals surface area contributed by atoms with Crippen molar-refractivity contribution in [2.75, 3.05) is 0 Å². The number of hydrogen-bond acceptors (Lipinski definition) is 2. The zero-order valence-corrected chi connectivity index (χ0v) is 11.2. The number of furan rings is 1. The van der Waals surface area contributed by atoms with Crippen molar-refractivity contribution in [1.29, 1.82) is 0 Å². The molecular weight excluding hydrogens is 255 g/mol. The van der Waals surface area contributed by atoms with E-state index in [2.05, 4.69) is 0 Å². The summed E-state index contributed by atoms with van der Waals surface area (Å²) in [5, 5.41) is 0.595. The monoisotopic (exact) mass is 268 g/mol. The Kier molecular flexibility index (Phi) is 2.90. The predicted molar refractivity (Wildman–Crippen MR) is 75.5 cm³/mol. The largest absolute Gasteiger partial charge is 0.453 e. The molecule has 2 nitrogen and oxygen atoms in total. The van der Waals surface area contributed by atoms with Gasteiger partial charge < -0.3 is 4.42 Å². The number of benzene rings is 2. The molecule has 3 aromatic rings. The first-order valence-corrected chi connectivity index (χ1v) is 6.35. The molecule has 2 aromatic carbocycles. The van der Waals surface area contributed by atoms with Crippen LogP contribution in [0.4, 0.5) is 4.39 Å². The fraction of sp³-hybridized carbons (Fsp3) is 0.118. The lowest BCUT2D eigenvalue weighted by Crippen LogP contribution is -2.00. The van der Waals surface area contributed by atoms with E-state index >= 15 is 0 Å². The van der Waals surface area contributed by atoms with Crippen molar-refractivity contribution in [2.45, 2.75) is 13.8 Å². The van der Waals surface area contributed by atoms with Crippen molar-refractivity contribution in [3.8, 4) is 0 Å². The zero-order valence-electron chi connectivity index (χ0n) is 11.2. The fourth-order valence-electron chi connectivity index (χ4n) is 2.15. The quantitative estimate of drug-likeness (QED) is 0.644. The standard InChI is InChI=1S/C17H13FO2/c1-10-3-4-12(7-11(10)2)17(19)16-9-13-8-14(18)5-6-15(13)20-16/h3-9H,1-2H3. The molecule has 0 saturated carbocycles. The van der Waals surface area contributed by atoms with Crippen molar-refractivity contribution < 1.29 is 13.6 Å². The van der Waals surface area contributed by atoms with Crippen LogP contribution in [0.1, 0.15) is 27.2 Å². The summed E-state index contributed by atoms with van der Waals surface area (Å²) < 4.78 is 18.6. The number of rotatable bonds is 2. The van der Waals surface area contributed by atoms with Gasteiger partial charge in [0.25, 0.3) is 0 Å². The van der Waals surface area contributed by atoms with Crippen LogP contribution in [0.25, 0.3) is 11.0 Å². The summed E-state index contributed by atoms with van der Waals surface area (Å²) in [6, 6.07) is 11.3. The zero-order chi connectivity index (χ0) is 14.3. The third-order valence-corrected chi connectivity index (χ3v) is 3.47. The van der Waals surface area contributed by atoms with Gasteiger partial charge in [0, 0.05) is 10.9 Å². The van der Waals surface area contributed by atoms with Gasteiger partial charge in [-0.15, -0.1) is 0 Å². The molecule has 0 bridgehead atoms. The van der Waals surface area contributed by atoms with E-state index in [-0.39, 0.29) is 17.4 Å². The molecule has 0 aliphatic heterocycles. The minimum absolute atomic E-state index is 0.190. The molecular formula is C17H13FO2. The average Bonchev–Trinajstić information content (AvgIpc) is 2.84. The van der Waals surface area contributed by atoms with Gasteiger partial charge in [0.1, 0.15) is 11.4 Å². The first-order chi connectivity index (χ1) is 9.54. The Morgan fingerprint density at radius 1 is 1.00 bits per heavy atom.